The highest BCUT2D eigenvalue weighted by Gasteiger charge is 2.43. The monoisotopic (exact) mass is 338 g/mol. The van der Waals surface area contributed by atoms with Crippen molar-refractivity contribution >= 4 is 17.3 Å². The maximum absolute atomic E-state index is 13.0. The predicted octanol–water partition coefficient (Wildman–Crippen LogP) is 3.73. The Balaban J connectivity index is 2.15. The van der Waals surface area contributed by atoms with Gasteiger partial charge in [0.2, 0.25) is 0 Å². The van der Waals surface area contributed by atoms with Crippen molar-refractivity contribution in [3.8, 4) is 17.6 Å². The van der Waals surface area contributed by atoms with E-state index in [9.17, 15) is 9.59 Å². The van der Waals surface area contributed by atoms with Gasteiger partial charge in [-0.3, -0.25) is 9.59 Å². The molecule has 0 aliphatic heterocycles. The number of hydrogen-bond donors (Lipinski definition) is 0. The molecular formula is C21H22O4. The second kappa shape index (κ2) is 7.14. The molecule has 0 N–H and O–H groups in total. The predicted molar refractivity (Wildman–Crippen MR) is 94.7 cm³/mol. The van der Waals surface area contributed by atoms with Crippen molar-refractivity contribution in [3.05, 3.63) is 35.1 Å². The Labute approximate surface area is 148 Å². The van der Waals surface area contributed by atoms with Crippen LogP contribution in [0, 0.1) is 23.7 Å². The number of esters is 1. The molecule has 25 heavy (non-hydrogen) atoms. The number of ether oxygens (including phenoxy) is 2. The van der Waals surface area contributed by atoms with E-state index >= 15 is 0 Å². The first-order chi connectivity index (χ1) is 12.1. The van der Waals surface area contributed by atoms with E-state index in [1.54, 1.807) is 21.0 Å². The molecule has 2 aliphatic carbocycles. The Kier molecular flexibility index (Phi) is 4.94. The summed E-state index contributed by atoms with van der Waals surface area (Å²) in [7, 11) is 1.57. The number of carbonyl (C=O) groups excluding carboxylic acids is 2. The molecule has 2 atom stereocenters. The van der Waals surface area contributed by atoms with Crippen LogP contribution in [0.25, 0.3) is 5.57 Å². The summed E-state index contributed by atoms with van der Waals surface area (Å²) in [5.41, 5.74) is 2.01. The zero-order valence-electron chi connectivity index (χ0n) is 14.8. The van der Waals surface area contributed by atoms with Crippen molar-refractivity contribution in [2.45, 2.75) is 39.5 Å². The Morgan fingerprint density at radius 2 is 2.04 bits per heavy atom. The Hall–Kier alpha value is -2.54. The van der Waals surface area contributed by atoms with Gasteiger partial charge in [-0.15, -0.1) is 5.92 Å². The van der Waals surface area contributed by atoms with Crippen LogP contribution in [-0.2, 0) is 14.3 Å². The molecule has 4 heteroatoms. The number of benzene rings is 1. The minimum absolute atomic E-state index is 0.0175. The fraction of sp³-hybridized carbons (Fsp3) is 0.429. The highest BCUT2D eigenvalue weighted by atomic mass is 16.5. The van der Waals surface area contributed by atoms with Gasteiger partial charge in [-0.1, -0.05) is 12.8 Å². The molecule has 0 heterocycles. The van der Waals surface area contributed by atoms with Gasteiger partial charge in [-0.05, 0) is 44.4 Å². The number of carbonyl (C=O) groups is 2. The smallest absolute Gasteiger partial charge is 0.310 e. The van der Waals surface area contributed by atoms with E-state index in [0.717, 1.165) is 24.8 Å². The van der Waals surface area contributed by atoms with Gasteiger partial charge in [0.15, 0.2) is 5.78 Å². The minimum atomic E-state index is -0.307. The normalized spacial score (nSPS) is 21.6. The zero-order chi connectivity index (χ0) is 18.0. The lowest BCUT2D eigenvalue weighted by Crippen LogP contribution is -2.24. The second-order valence-electron chi connectivity index (χ2n) is 6.43. The van der Waals surface area contributed by atoms with Gasteiger partial charge in [0.1, 0.15) is 11.5 Å². The largest absolute Gasteiger partial charge is 0.496 e. The molecular weight excluding hydrogens is 316 g/mol. The lowest BCUT2D eigenvalue weighted by Gasteiger charge is -2.25. The third-order valence-corrected chi connectivity index (χ3v) is 4.92. The van der Waals surface area contributed by atoms with Gasteiger partial charge in [0.25, 0.3) is 0 Å². The molecule has 130 valence electrons. The van der Waals surface area contributed by atoms with Crippen LogP contribution in [-0.4, -0.2) is 18.9 Å². The van der Waals surface area contributed by atoms with Crippen LogP contribution in [0.4, 0.5) is 0 Å². The standard InChI is InChI=1S/C21H22O4/c1-4-6-13-7-10-16(17(11-13)24-3)19-20(23)14-8-9-15(12-14)21(19)25-18(22)5-2/h7,10-11,14-15H,5,8-9,12H2,1-3H3. The van der Waals surface area contributed by atoms with Crippen molar-refractivity contribution in [1.29, 1.82) is 0 Å². The average molecular weight is 338 g/mol. The summed E-state index contributed by atoms with van der Waals surface area (Å²) >= 11 is 0. The summed E-state index contributed by atoms with van der Waals surface area (Å²) in [5.74, 6) is 6.85. The number of allylic oxidation sites excluding steroid dienone is 2. The number of ketones is 1. The van der Waals surface area contributed by atoms with Crippen LogP contribution < -0.4 is 4.74 Å². The summed E-state index contributed by atoms with van der Waals surface area (Å²) < 4.78 is 11.1. The number of methoxy groups -OCH3 is 1. The van der Waals surface area contributed by atoms with Gasteiger partial charge in [0, 0.05) is 29.4 Å². The lowest BCUT2D eigenvalue weighted by atomic mass is 9.83. The molecule has 1 aromatic rings. The van der Waals surface area contributed by atoms with Gasteiger partial charge in [-0.25, -0.2) is 0 Å². The number of fused-ring (bicyclic) bond motifs is 2. The minimum Gasteiger partial charge on any atom is -0.496 e. The summed E-state index contributed by atoms with van der Waals surface area (Å²) in [6.07, 6.45) is 2.79. The fourth-order valence-corrected chi connectivity index (χ4v) is 3.70. The van der Waals surface area contributed by atoms with Crippen molar-refractivity contribution in [1.82, 2.24) is 0 Å². The molecule has 2 bridgehead atoms. The Morgan fingerprint density at radius 1 is 1.28 bits per heavy atom. The first kappa shape index (κ1) is 17.3. The maximum atomic E-state index is 13.0. The van der Waals surface area contributed by atoms with E-state index in [4.69, 9.17) is 9.47 Å². The van der Waals surface area contributed by atoms with E-state index in [1.165, 1.54) is 0 Å². The molecule has 0 saturated heterocycles. The number of Topliss-reactive ketones (excluding diaryl/α,β-unsaturated/α-hetero) is 1. The number of hydrogen-bond acceptors (Lipinski definition) is 4. The van der Waals surface area contributed by atoms with Crippen LogP contribution >= 0.6 is 0 Å². The lowest BCUT2D eigenvalue weighted by molar-refractivity contribution is -0.140. The first-order valence-corrected chi connectivity index (χ1v) is 8.69. The van der Waals surface area contributed by atoms with Gasteiger partial charge >= 0.3 is 5.97 Å². The van der Waals surface area contributed by atoms with E-state index in [0.29, 0.717) is 22.6 Å². The van der Waals surface area contributed by atoms with Crippen LogP contribution in [0.15, 0.2) is 24.0 Å². The maximum Gasteiger partial charge on any atom is 0.310 e. The number of rotatable bonds is 4. The van der Waals surface area contributed by atoms with Crippen molar-refractivity contribution < 1.29 is 19.1 Å². The molecule has 2 unspecified atom stereocenters. The SMILES string of the molecule is CC#Cc1ccc(C2=C(OC(=O)CC)C3CCC(C3)C2=O)c(OC)c1. The fourth-order valence-electron chi connectivity index (χ4n) is 3.70. The highest BCUT2D eigenvalue weighted by Crippen LogP contribution is 2.48. The molecule has 1 saturated carbocycles. The molecule has 1 fully saturated rings. The topological polar surface area (TPSA) is 52.6 Å². The highest BCUT2D eigenvalue weighted by molar-refractivity contribution is 6.24. The third-order valence-electron chi connectivity index (χ3n) is 4.92. The molecule has 4 nitrogen and oxygen atoms in total. The van der Waals surface area contributed by atoms with Crippen LogP contribution in [0.3, 0.4) is 0 Å². The van der Waals surface area contributed by atoms with Gasteiger partial charge < -0.3 is 9.47 Å². The van der Waals surface area contributed by atoms with Gasteiger partial charge in [0.05, 0.1) is 12.7 Å². The average Bonchev–Trinajstić information content (AvgIpc) is 3.07. The first-order valence-electron chi connectivity index (χ1n) is 8.69. The summed E-state index contributed by atoms with van der Waals surface area (Å²) in [5, 5.41) is 0. The third kappa shape index (κ3) is 3.19. The summed E-state index contributed by atoms with van der Waals surface area (Å²) in [6.45, 7) is 3.52. The quantitative estimate of drug-likeness (QED) is 0.620. The summed E-state index contributed by atoms with van der Waals surface area (Å²) in [4.78, 5) is 24.9. The zero-order valence-corrected chi connectivity index (χ0v) is 14.8. The van der Waals surface area contributed by atoms with Crippen LogP contribution in [0.1, 0.15) is 50.7 Å². The molecule has 0 amide bonds. The molecule has 0 spiro atoms. The van der Waals surface area contributed by atoms with Crippen LogP contribution in [0.2, 0.25) is 0 Å². The van der Waals surface area contributed by atoms with E-state index in [2.05, 4.69) is 11.8 Å². The van der Waals surface area contributed by atoms with E-state index in [-0.39, 0.29) is 30.0 Å². The van der Waals surface area contributed by atoms with Crippen molar-refractivity contribution in [3.63, 3.8) is 0 Å². The van der Waals surface area contributed by atoms with Crippen LogP contribution in [0.5, 0.6) is 5.75 Å². The Bertz CT molecular complexity index is 807. The molecule has 0 aromatic heterocycles. The Morgan fingerprint density at radius 3 is 2.72 bits per heavy atom. The van der Waals surface area contributed by atoms with Crippen molar-refractivity contribution in [2.75, 3.05) is 7.11 Å². The molecule has 1 aromatic carbocycles. The summed E-state index contributed by atoms with van der Waals surface area (Å²) in [6, 6.07) is 5.53. The second-order valence-corrected chi connectivity index (χ2v) is 6.43. The van der Waals surface area contributed by atoms with Gasteiger partial charge in [-0.2, -0.15) is 0 Å². The molecule has 0 radical (unpaired) electrons. The van der Waals surface area contributed by atoms with E-state index < -0.39 is 0 Å². The van der Waals surface area contributed by atoms with Crippen molar-refractivity contribution in [2.24, 2.45) is 11.8 Å². The molecule has 3 rings (SSSR count). The molecule has 2 aliphatic rings. The van der Waals surface area contributed by atoms with E-state index in [1.807, 2.05) is 18.2 Å².